The van der Waals surface area contributed by atoms with Crippen LogP contribution in [0.25, 0.3) is 0 Å². The van der Waals surface area contributed by atoms with Crippen LogP contribution in [-0.4, -0.2) is 30.0 Å². The van der Waals surface area contributed by atoms with Crippen LogP contribution < -0.4 is 5.73 Å². The average molecular weight is 229 g/mol. The van der Waals surface area contributed by atoms with Crippen molar-refractivity contribution in [1.29, 1.82) is 0 Å². The first kappa shape index (κ1) is 13.9. The summed E-state index contributed by atoms with van der Waals surface area (Å²) in [6.07, 6.45) is 4.72. The minimum absolute atomic E-state index is 0.178. The second-order valence-corrected chi connectivity index (χ2v) is 5.39. The number of aliphatic hydroxyl groups is 1. The Kier molecular flexibility index (Phi) is 4.77. The maximum absolute atomic E-state index is 10.8. The van der Waals surface area contributed by atoms with E-state index in [0.29, 0.717) is 13.2 Å². The second-order valence-electron chi connectivity index (χ2n) is 5.39. The van der Waals surface area contributed by atoms with E-state index in [-0.39, 0.29) is 11.5 Å². The Hall–Kier alpha value is -0.120. The van der Waals surface area contributed by atoms with Crippen molar-refractivity contribution in [2.45, 2.75) is 64.6 Å². The molecule has 1 saturated heterocycles. The molecule has 3 heteroatoms. The maximum Gasteiger partial charge on any atom is 0.0759 e. The van der Waals surface area contributed by atoms with Gasteiger partial charge in [-0.05, 0) is 12.8 Å². The van der Waals surface area contributed by atoms with E-state index in [0.717, 1.165) is 32.1 Å². The van der Waals surface area contributed by atoms with Gasteiger partial charge < -0.3 is 15.6 Å². The van der Waals surface area contributed by atoms with Crippen molar-refractivity contribution in [3.05, 3.63) is 0 Å². The van der Waals surface area contributed by atoms with Crippen LogP contribution in [0.15, 0.2) is 0 Å². The second kappa shape index (κ2) is 5.48. The molecule has 1 fully saturated rings. The Bertz CT molecular complexity index is 214. The van der Waals surface area contributed by atoms with Crippen molar-refractivity contribution in [2.24, 2.45) is 11.1 Å². The van der Waals surface area contributed by atoms with Gasteiger partial charge in [-0.1, -0.05) is 27.2 Å². The third-order valence-corrected chi connectivity index (χ3v) is 4.40. The lowest BCUT2D eigenvalue weighted by molar-refractivity contribution is -0.163. The molecule has 3 atom stereocenters. The van der Waals surface area contributed by atoms with Gasteiger partial charge in [0.25, 0.3) is 0 Å². The van der Waals surface area contributed by atoms with Gasteiger partial charge in [-0.25, -0.2) is 0 Å². The van der Waals surface area contributed by atoms with Gasteiger partial charge in [0.2, 0.25) is 0 Å². The fraction of sp³-hybridized carbons (Fsp3) is 1.00. The lowest BCUT2D eigenvalue weighted by Gasteiger charge is -2.48. The molecule has 0 aromatic carbocycles. The molecule has 3 nitrogen and oxygen atoms in total. The molecule has 3 unspecified atom stereocenters. The summed E-state index contributed by atoms with van der Waals surface area (Å²) in [5.41, 5.74) is 5.03. The Balaban J connectivity index is 2.75. The molecule has 0 aliphatic carbocycles. The normalized spacial score (nSPS) is 34.7. The monoisotopic (exact) mass is 229 g/mol. The third kappa shape index (κ3) is 2.58. The van der Waals surface area contributed by atoms with E-state index in [1.165, 1.54) is 0 Å². The van der Waals surface area contributed by atoms with Crippen molar-refractivity contribution in [3.8, 4) is 0 Å². The highest BCUT2D eigenvalue weighted by Crippen LogP contribution is 2.42. The highest BCUT2D eigenvalue weighted by molar-refractivity contribution is 4.99. The molecule has 0 saturated carbocycles. The topological polar surface area (TPSA) is 55.5 Å². The van der Waals surface area contributed by atoms with Crippen LogP contribution in [0, 0.1) is 5.41 Å². The molecule has 0 radical (unpaired) electrons. The van der Waals surface area contributed by atoms with E-state index in [4.69, 9.17) is 10.5 Å². The van der Waals surface area contributed by atoms with Gasteiger partial charge in [-0.3, -0.25) is 0 Å². The van der Waals surface area contributed by atoms with E-state index in [1.807, 2.05) is 0 Å². The van der Waals surface area contributed by atoms with Gasteiger partial charge in [0.15, 0.2) is 0 Å². The molecule has 0 spiro atoms. The predicted octanol–water partition coefficient (Wildman–Crippen LogP) is 2.07. The molecule has 96 valence electrons. The Labute approximate surface area is 99.4 Å². The summed E-state index contributed by atoms with van der Waals surface area (Å²) in [5.74, 6) is 0. The van der Waals surface area contributed by atoms with Crippen LogP contribution in [0.5, 0.6) is 0 Å². The fourth-order valence-corrected chi connectivity index (χ4v) is 2.65. The molecular formula is C13H27NO2. The first-order valence-electron chi connectivity index (χ1n) is 6.55. The van der Waals surface area contributed by atoms with E-state index < -0.39 is 5.60 Å². The smallest absolute Gasteiger partial charge is 0.0759 e. The predicted molar refractivity (Wildman–Crippen MR) is 66.3 cm³/mol. The maximum atomic E-state index is 10.8. The van der Waals surface area contributed by atoms with Gasteiger partial charge >= 0.3 is 0 Å². The van der Waals surface area contributed by atoms with Crippen LogP contribution in [0.4, 0.5) is 0 Å². The van der Waals surface area contributed by atoms with Crippen molar-refractivity contribution in [1.82, 2.24) is 0 Å². The van der Waals surface area contributed by atoms with Crippen LogP contribution in [0.2, 0.25) is 0 Å². The minimum atomic E-state index is -0.644. The SMILES string of the molecule is CCCC1CC(O)(C(C)(CC)CN)CCO1. The largest absolute Gasteiger partial charge is 0.389 e. The van der Waals surface area contributed by atoms with E-state index in [1.54, 1.807) is 0 Å². The Morgan fingerprint density at radius 2 is 2.19 bits per heavy atom. The summed E-state index contributed by atoms with van der Waals surface area (Å²) in [6.45, 7) is 7.56. The molecule has 3 N–H and O–H groups in total. The van der Waals surface area contributed by atoms with Crippen LogP contribution in [0.1, 0.15) is 52.9 Å². The van der Waals surface area contributed by atoms with Gasteiger partial charge in [-0.15, -0.1) is 0 Å². The zero-order valence-corrected chi connectivity index (χ0v) is 11.0. The van der Waals surface area contributed by atoms with Crippen molar-refractivity contribution >= 4 is 0 Å². The molecule has 0 amide bonds. The number of hydrogen-bond acceptors (Lipinski definition) is 3. The van der Waals surface area contributed by atoms with E-state index in [9.17, 15) is 5.11 Å². The van der Waals surface area contributed by atoms with E-state index in [2.05, 4.69) is 20.8 Å². The summed E-state index contributed by atoms with van der Waals surface area (Å²) < 4.78 is 5.70. The summed E-state index contributed by atoms with van der Waals surface area (Å²) >= 11 is 0. The standard InChI is InChI=1S/C13H27NO2/c1-4-6-11-9-13(15,7-8-16-11)12(3,5-2)10-14/h11,15H,4-10,14H2,1-3H3. The molecule has 1 heterocycles. The van der Waals surface area contributed by atoms with Gasteiger partial charge in [0.05, 0.1) is 11.7 Å². The minimum Gasteiger partial charge on any atom is -0.389 e. The molecule has 0 aromatic rings. The zero-order valence-electron chi connectivity index (χ0n) is 11.0. The summed E-state index contributed by atoms with van der Waals surface area (Å²) in [7, 11) is 0. The summed E-state index contributed by atoms with van der Waals surface area (Å²) in [4.78, 5) is 0. The van der Waals surface area contributed by atoms with Crippen LogP contribution >= 0.6 is 0 Å². The third-order valence-electron chi connectivity index (χ3n) is 4.40. The van der Waals surface area contributed by atoms with Crippen molar-refractivity contribution in [3.63, 3.8) is 0 Å². The molecule has 16 heavy (non-hydrogen) atoms. The van der Waals surface area contributed by atoms with Gasteiger partial charge in [0, 0.05) is 31.4 Å². The molecule has 0 aromatic heterocycles. The van der Waals surface area contributed by atoms with Crippen molar-refractivity contribution in [2.75, 3.05) is 13.2 Å². The highest BCUT2D eigenvalue weighted by atomic mass is 16.5. The van der Waals surface area contributed by atoms with Crippen LogP contribution in [-0.2, 0) is 4.74 Å². The zero-order chi connectivity index (χ0) is 12.2. The lowest BCUT2D eigenvalue weighted by atomic mass is 9.66. The Morgan fingerprint density at radius 3 is 2.69 bits per heavy atom. The van der Waals surface area contributed by atoms with Gasteiger partial charge in [0.1, 0.15) is 0 Å². The quantitative estimate of drug-likeness (QED) is 0.759. The first-order valence-corrected chi connectivity index (χ1v) is 6.55. The van der Waals surface area contributed by atoms with Crippen LogP contribution in [0.3, 0.4) is 0 Å². The number of rotatable bonds is 5. The van der Waals surface area contributed by atoms with Crippen molar-refractivity contribution < 1.29 is 9.84 Å². The number of nitrogens with two attached hydrogens (primary N) is 1. The fourth-order valence-electron chi connectivity index (χ4n) is 2.65. The molecule has 0 bridgehead atoms. The number of ether oxygens (including phenoxy) is 1. The average Bonchev–Trinajstić information content (AvgIpc) is 2.28. The van der Waals surface area contributed by atoms with Gasteiger partial charge in [-0.2, -0.15) is 0 Å². The highest BCUT2D eigenvalue weighted by Gasteiger charge is 2.47. The molecule has 1 aliphatic rings. The molecular weight excluding hydrogens is 202 g/mol. The summed E-state index contributed by atoms with van der Waals surface area (Å²) in [5, 5.41) is 10.8. The lowest BCUT2D eigenvalue weighted by Crippen LogP contribution is -2.55. The summed E-state index contributed by atoms with van der Waals surface area (Å²) in [6, 6.07) is 0. The molecule has 1 rings (SSSR count). The molecule has 1 aliphatic heterocycles. The number of hydrogen-bond donors (Lipinski definition) is 2. The van der Waals surface area contributed by atoms with E-state index >= 15 is 0 Å². The Morgan fingerprint density at radius 1 is 1.50 bits per heavy atom. The first-order chi connectivity index (χ1) is 7.51.